The minimum absolute atomic E-state index is 0.0316. The van der Waals surface area contributed by atoms with Gasteiger partial charge in [0.05, 0.1) is 35.1 Å². The first-order valence-corrected chi connectivity index (χ1v) is 10.9. The lowest BCUT2D eigenvalue weighted by molar-refractivity contribution is -0.384. The molecule has 2 heterocycles. The molecule has 0 radical (unpaired) electrons. The third kappa shape index (κ3) is 5.21. The highest BCUT2D eigenvalue weighted by molar-refractivity contribution is 7.13. The van der Waals surface area contributed by atoms with Crippen LogP contribution in [0.5, 0.6) is 0 Å². The van der Waals surface area contributed by atoms with Gasteiger partial charge in [-0.05, 0) is 25.1 Å². The monoisotopic (exact) mass is 454 g/mol. The first-order chi connectivity index (χ1) is 15.5. The van der Waals surface area contributed by atoms with Crippen LogP contribution in [-0.2, 0) is 16.1 Å². The van der Waals surface area contributed by atoms with Crippen LogP contribution >= 0.6 is 11.3 Å². The molecule has 0 amide bonds. The normalized spacial score (nSPS) is 13.6. The van der Waals surface area contributed by atoms with E-state index in [-0.39, 0.29) is 17.9 Å². The number of non-ortho nitro benzene ring substituents is 1. The van der Waals surface area contributed by atoms with Gasteiger partial charge in [0.25, 0.3) is 5.69 Å². The Balaban J connectivity index is 1.45. The van der Waals surface area contributed by atoms with Crippen molar-refractivity contribution < 1.29 is 19.2 Å². The molecule has 1 N–H and O–H groups in total. The molecule has 1 fully saturated rings. The SMILES string of the molecule is Cc1ccc(Nc2nc(COC(=O)c3cc([N+](=O)[O-])ccc3N3CCOCC3)cs2)cc1. The predicted octanol–water partition coefficient (Wildman–Crippen LogP) is 4.30. The number of thiazole rings is 1. The zero-order chi connectivity index (χ0) is 22.5. The van der Waals surface area contributed by atoms with E-state index in [0.29, 0.717) is 42.8 Å². The second kappa shape index (κ2) is 9.75. The number of nitrogens with one attached hydrogen (secondary N) is 1. The lowest BCUT2D eigenvalue weighted by Gasteiger charge is -2.30. The zero-order valence-electron chi connectivity index (χ0n) is 17.4. The fraction of sp³-hybridized carbons (Fsp3) is 0.273. The number of hydrogen-bond acceptors (Lipinski definition) is 9. The molecule has 1 aliphatic rings. The molecule has 2 aromatic carbocycles. The fourth-order valence-electron chi connectivity index (χ4n) is 3.29. The molecule has 3 aromatic rings. The van der Waals surface area contributed by atoms with Crippen molar-refractivity contribution in [2.45, 2.75) is 13.5 Å². The Morgan fingerprint density at radius 2 is 2.00 bits per heavy atom. The van der Waals surface area contributed by atoms with Crippen molar-refractivity contribution >= 4 is 39.5 Å². The first-order valence-electron chi connectivity index (χ1n) is 10.1. The van der Waals surface area contributed by atoms with Gasteiger partial charge in [0.1, 0.15) is 6.61 Å². The van der Waals surface area contributed by atoms with E-state index in [2.05, 4.69) is 10.3 Å². The Kier molecular flexibility index (Phi) is 6.62. The number of nitro benzene ring substituents is 1. The highest BCUT2D eigenvalue weighted by atomic mass is 32.1. The van der Waals surface area contributed by atoms with Gasteiger partial charge in [0.15, 0.2) is 5.13 Å². The number of carbonyl (C=O) groups excluding carboxylic acids is 1. The maximum Gasteiger partial charge on any atom is 0.340 e. The molecule has 0 aliphatic carbocycles. The maximum atomic E-state index is 12.8. The second-order valence-electron chi connectivity index (χ2n) is 7.27. The smallest absolute Gasteiger partial charge is 0.340 e. The van der Waals surface area contributed by atoms with Crippen LogP contribution in [-0.4, -0.2) is 42.2 Å². The van der Waals surface area contributed by atoms with E-state index in [1.165, 1.54) is 29.0 Å². The van der Waals surface area contributed by atoms with Gasteiger partial charge in [0.2, 0.25) is 0 Å². The number of esters is 1. The van der Waals surface area contributed by atoms with Gasteiger partial charge in [-0.1, -0.05) is 17.7 Å². The number of morpholine rings is 1. The van der Waals surface area contributed by atoms with E-state index in [1.54, 1.807) is 11.4 Å². The molecule has 9 nitrogen and oxygen atoms in total. The van der Waals surface area contributed by atoms with E-state index in [0.717, 1.165) is 5.69 Å². The summed E-state index contributed by atoms with van der Waals surface area (Å²) in [6.07, 6.45) is 0. The maximum absolute atomic E-state index is 12.8. The van der Waals surface area contributed by atoms with E-state index >= 15 is 0 Å². The van der Waals surface area contributed by atoms with Crippen LogP contribution in [0, 0.1) is 17.0 Å². The van der Waals surface area contributed by atoms with E-state index < -0.39 is 10.9 Å². The van der Waals surface area contributed by atoms with Crippen molar-refractivity contribution in [3.05, 3.63) is 74.8 Å². The topological polar surface area (TPSA) is 107 Å². The van der Waals surface area contributed by atoms with Crippen LogP contribution < -0.4 is 10.2 Å². The highest BCUT2D eigenvalue weighted by Crippen LogP contribution is 2.28. The van der Waals surface area contributed by atoms with Gasteiger partial charge < -0.3 is 19.7 Å². The van der Waals surface area contributed by atoms with Gasteiger partial charge in [-0.3, -0.25) is 10.1 Å². The van der Waals surface area contributed by atoms with Crippen molar-refractivity contribution in [1.29, 1.82) is 0 Å². The third-order valence-corrected chi connectivity index (χ3v) is 5.77. The number of nitro groups is 1. The quantitative estimate of drug-likeness (QED) is 0.320. The molecule has 1 aliphatic heterocycles. The molecule has 4 rings (SSSR count). The van der Waals surface area contributed by atoms with Crippen molar-refractivity contribution in [3.63, 3.8) is 0 Å². The minimum atomic E-state index is -0.628. The lowest BCUT2D eigenvalue weighted by atomic mass is 10.1. The van der Waals surface area contributed by atoms with Crippen LogP contribution in [0.25, 0.3) is 0 Å². The number of benzene rings is 2. The van der Waals surface area contributed by atoms with Gasteiger partial charge in [-0.15, -0.1) is 11.3 Å². The summed E-state index contributed by atoms with van der Waals surface area (Å²) in [5.74, 6) is -0.628. The number of rotatable bonds is 7. The van der Waals surface area contributed by atoms with Crippen molar-refractivity contribution in [3.8, 4) is 0 Å². The van der Waals surface area contributed by atoms with Gasteiger partial charge in [0, 0.05) is 36.3 Å². The molecule has 10 heteroatoms. The summed E-state index contributed by atoms with van der Waals surface area (Å²) in [6, 6.07) is 12.2. The first kappa shape index (κ1) is 21.7. The summed E-state index contributed by atoms with van der Waals surface area (Å²) >= 11 is 1.40. The van der Waals surface area contributed by atoms with Crippen LogP contribution in [0.4, 0.5) is 22.2 Å². The van der Waals surface area contributed by atoms with Crippen LogP contribution in [0.1, 0.15) is 21.6 Å². The number of aryl methyl sites for hydroxylation is 1. The summed E-state index contributed by atoms with van der Waals surface area (Å²) < 4.78 is 10.8. The Morgan fingerprint density at radius 1 is 1.25 bits per heavy atom. The number of ether oxygens (including phenoxy) is 2. The van der Waals surface area contributed by atoms with E-state index in [9.17, 15) is 14.9 Å². The summed E-state index contributed by atoms with van der Waals surface area (Å²) in [7, 11) is 0. The molecule has 0 saturated carbocycles. The summed E-state index contributed by atoms with van der Waals surface area (Å²) in [6.45, 7) is 4.24. The summed E-state index contributed by atoms with van der Waals surface area (Å²) in [5.41, 5.74) is 3.28. The van der Waals surface area contributed by atoms with E-state index in [1.807, 2.05) is 36.1 Å². The van der Waals surface area contributed by atoms with Crippen molar-refractivity contribution in [2.24, 2.45) is 0 Å². The summed E-state index contributed by atoms with van der Waals surface area (Å²) in [5, 5.41) is 16.9. The van der Waals surface area contributed by atoms with Gasteiger partial charge in [-0.25, -0.2) is 9.78 Å². The second-order valence-corrected chi connectivity index (χ2v) is 8.13. The molecular weight excluding hydrogens is 432 g/mol. The number of nitrogens with zero attached hydrogens (tertiary/aromatic N) is 3. The van der Waals surface area contributed by atoms with Crippen LogP contribution in [0.15, 0.2) is 47.8 Å². The Labute approximate surface area is 188 Å². The Bertz CT molecular complexity index is 1110. The number of anilines is 3. The molecule has 0 atom stereocenters. The Morgan fingerprint density at radius 3 is 2.72 bits per heavy atom. The molecule has 0 bridgehead atoms. The standard InChI is InChI=1S/C22H22N4O5S/c1-15-2-4-16(5-3-15)23-22-24-17(14-32-22)13-31-21(27)19-12-18(26(28)29)6-7-20(19)25-8-10-30-11-9-25/h2-7,12,14H,8-11,13H2,1H3,(H,23,24). The predicted molar refractivity (Wildman–Crippen MR) is 122 cm³/mol. The molecule has 166 valence electrons. The third-order valence-electron chi connectivity index (χ3n) is 4.97. The van der Waals surface area contributed by atoms with E-state index in [4.69, 9.17) is 9.47 Å². The molecule has 0 unspecified atom stereocenters. The lowest BCUT2D eigenvalue weighted by Crippen LogP contribution is -2.37. The highest BCUT2D eigenvalue weighted by Gasteiger charge is 2.23. The van der Waals surface area contributed by atoms with Gasteiger partial charge in [-0.2, -0.15) is 0 Å². The minimum Gasteiger partial charge on any atom is -0.455 e. The number of hydrogen-bond donors (Lipinski definition) is 1. The average Bonchev–Trinajstić information content (AvgIpc) is 3.26. The molecule has 32 heavy (non-hydrogen) atoms. The summed E-state index contributed by atoms with van der Waals surface area (Å²) in [4.78, 5) is 30.0. The average molecular weight is 455 g/mol. The van der Waals surface area contributed by atoms with Gasteiger partial charge >= 0.3 is 5.97 Å². The Hall–Kier alpha value is -3.50. The van der Waals surface area contributed by atoms with Crippen molar-refractivity contribution in [2.75, 3.05) is 36.5 Å². The zero-order valence-corrected chi connectivity index (χ0v) is 18.3. The largest absolute Gasteiger partial charge is 0.455 e. The number of carbonyl (C=O) groups is 1. The van der Waals surface area contributed by atoms with Crippen LogP contribution in [0.2, 0.25) is 0 Å². The fourth-order valence-corrected chi connectivity index (χ4v) is 4.00. The van der Waals surface area contributed by atoms with Crippen LogP contribution in [0.3, 0.4) is 0 Å². The molecular formula is C22H22N4O5S. The van der Waals surface area contributed by atoms with Crippen molar-refractivity contribution in [1.82, 2.24) is 4.98 Å². The molecule has 0 spiro atoms. The molecule has 1 aromatic heterocycles. The molecule has 1 saturated heterocycles. The number of aromatic nitrogens is 1.